The van der Waals surface area contributed by atoms with Gasteiger partial charge in [-0.3, -0.25) is 0 Å². The van der Waals surface area contributed by atoms with E-state index in [1.165, 1.54) is 0 Å². The molecule has 4 heteroatoms. The van der Waals surface area contributed by atoms with E-state index in [0.29, 0.717) is 0 Å². The highest BCUT2D eigenvalue weighted by atomic mass is 35.6. The molecule has 0 amide bonds. The van der Waals surface area contributed by atoms with Crippen molar-refractivity contribution in [1.82, 2.24) is 0 Å². The van der Waals surface area contributed by atoms with Crippen molar-refractivity contribution in [2.24, 2.45) is 0 Å². The zero-order chi connectivity index (χ0) is 3.58. The summed E-state index contributed by atoms with van der Waals surface area (Å²) in [4.78, 5) is 7.37. The molecule has 0 aliphatic heterocycles. The quantitative estimate of drug-likeness (QED) is 0.330. The lowest BCUT2D eigenvalue weighted by Crippen LogP contribution is -1.77. The largest absolute Gasteiger partial charge is 0.616 e. The molecule has 0 saturated carbocycles. The Bertz CT molecular complexity index is 29.0. The Morgan fingerprint density at radius 2 is 2.00 bits per heavy atom. The summed E-state index contributed by atoms with van der Waals surface area (Å²) in [5.41, 5.74) is 0. The van der Waals surface area contributed by atoms with Gasteiger partial charge >= 0.3 is 8.24 Å². The fourth-order valence-electron chi connectivity index (χ4n) is 0. The van der Waals surface area contributed by atoms with Crippen LogP contribution in [0, 0.1) is 0 Å². The topological polar surface area (TPSA) is 37.3 Å². The van der Waals surface area contributed by atoms with Gasteiger partial charge in [-0.05, 0) is 11.1 Å². The molecular weight excluding hydrogens is 95.5 g/mol. The first-order valence-electron chi connectivity index (χ1n) is 0.617. The van der Waals surface area contributed by atoms with E-state index >= 15 is 0 Å². The molecule has 0 unspecified atom stereocenters. The first-order chi connectivity index (χ1) is 1.73. The minimum absolute atomic E-state index is 2.66. The van der Waals surface area contributed by atoms with Gasteiger partial charge in [0.25, 0.3) is 0 Å². The first-order valence-corrected chi connectivity index (χ1v) is 2.98. The predicted molar refractivity (Wildman–Crippen MR) is 14.5 cm³/mol. The molecule has 4 heavy (non-hydrogen) atoms. The average Bonchev–Trinajstić information content (AvgIpc) is 0.811. The smallest absolute Gasteiger partial charge is 0.529 e. The Morgan fingerprint density at radius 3 is 2.00 bits per heavy atom. The molecule has 24 valence electrons. The maximum Gasteiger partial charge on any atom is 0.616 e. The van der Waals surface area contributed by atoms with E-state index in [0.717, 1.165) is 0 Å². The summed E-state index contributed by atoms with van der Waals surface area (Å²) in [6, 6.07) is 0. The van der Waals surface area contributed by atoms with Gasteiger partial charge in [0.15, 0.2) is 0 Å². The molecule has 0 heterocycles. The fraction of sp³-hybridized carbons (Fsp3) is 0. The Balaban J connectivity index is 2.80. The minimum atomic E-state index is -2.66. The van der Waals surface area contributed by atoms with Crippen LogP contribution in [0.1, 0.15) is 0 Å². The maximum absolute atomic E-state index is 8.95. The van der Waals surface area contributed by atoms with Gasteiger partial charge in [-0.2, -0.15) is 0 Å². The third-order valence-electron chi connectivity index (χ3n) is 0. The third-order valence-corrected chi connectivity index (χ3v) is 0. The molecule has 0 aliphatic carbocycles. The summed E-state index contributed by atoms with van der Waals surface area (Å²) in [7, 11) is -2.66. The van der Waals surface area contributed by atoms with Crippen LogP contribution in [-0.4, -0.2) is 13.0 Å². The van der Waals surface area contributed by atoms with Crippen LogP contribution < -0.4 is 0 Å². The monoisotopic (exact) mass is 95.9 g/mol. The van der Waals surface area contributed by atoms with E-state index in [1.807, 2.05) is 0 Å². The summed E-state index contributed by atoms with van der Waals surface area (Å²) in [5, 5.41) is 0. The highest BCUT2D eigenvalue weighted by molar-refractivity contribution is 6.93. The molecule has 2 nitrogen and oxygen atoms in total. The molecule has 0 spiro atoms. The van der Waals surface area contributed by atoms with E-state index < -0.39 is 8.24 Å². The summed E-state index contributed by atoms with van der Waals surface area (Å²) < 4.78 is 8.95. The molecule has 0 fully saturated rings. The van der Waals surface area contributed by atoms with E-state index in [4.69, 9.17) is 9.26 Å². The van der Waals surface area contributed by atoms with Crippen molar-refractivity contribution in [3.63, 3.8) is 0 Å². The number of rotatable bonds is 0. The fourth-order valence-corrected chi connectivity index (χ4v) is 0. The second kappa shape index (κ2) is 1.43. The van der Waals surface area contributed by atoms with Crippen LogP contribution >= 0.6 is 11.1 Å². The highest BCUT2D eigenvalue weighted by Crippen LogP contribution is 1.58. The molecule has 0 aromatic rings. The Labute approximate surface area is 29.5 Å². The molecule has 0 aromatic carbocycles. The van der Waals surface area contributed by atoms with Crippen molar-refractivity contribution in [2.75, 3.05) is 0 Å². The molecule has 0 rings (SSSR count). The van der Waals surface area contributed by atoms with Gasteiger partial charge in [0.2, 0.25) is 0 Å². The average molecular weight is 96.5 g/mol. The molecule has 0 radical (unpaired) electrons. The van der Waals surface area contributed by atoms with Crippen molar-refractivity contribution >= 4 is 19.3 Å². The van der Waals surface area contributed by atoms with Gasteiger partial charge in [0, 0.05) is 0 Å². The van der Waals surface area contributed by atoms with Crippen molar-refractivity contribution in [1.29, 1.82) is 0 Å². The van der Waals surface area contributed by atoms with Crippen molar-refractivity contribution < 1.29 is 9.26 Å². The predicted octanol–water partition coefficient (Wildman–Crippen LogP) is -0.367. The summed E-state index contributed by atoms with van der Waals surface area (Å²) in [5.74, 6) is 0. The van der Waals surface area contributed by atoms with E-state index in [2.05, 4.69) is 11.1 Å². The molecular formula is HClO2Si. The van der Waals surface area contributed by atoms with E-state index in [-0.39, 0.29) is 0 Å². The lowest BCUT2D eigenvalue weighted by Gasteiger charge is -1.51. The van der Waals surface area contributed by atoms with Crippen molar-refractivity contribution in [2.45, 2.75) is 0 Å². The standard InChI is InChI=1S/ClHO2Si/c1-4(2)3/h2H. The van der Waals surface area contributed by atoms with Gasteiger partial charge < -0.3 is 9.26 Å². The molecule has 0 bridgehead atoms. The minimum Gasteiger partial charge on any atom is -0.529 e. The van der Waals surface area contributed by atoms with Crippen LogP contribution in [0.15, 0.2) is 0 Å². The Kier molecular flexibility index (Phi) is 1.47. The number of hydrogen-bond donors (Lipinski definition) is 1. The SMILES string of the molecule is O=[Si](O)Cl. The molecule has 1 N–H and O–H groups in total. The van der Waals surface area contributed by atoms with Crippen molar-refractivity contribution in [3.05, 3.63) is 0 Å². The van der Waals surface area contributed by atoms with Gasteiger partial charge in [-0.1, -0.05) is 0 Å². The van der Waals surface area contributed by atoms with Crippen LogP contribution in [0.25, 0.3) is 0 Å². The van der Waals surface area contributed by atoms with E-state index in [1.54, 1.807) is 0 Å². The second-order valence-electron chi connectivity index (χ2n) is 0.253. The van der Waals surface area contributed by atoms with Gasteiger partial charge in [-0.25, -0.2) is 0 Å². The number of hydrogen-bond acceptors (Lipinski definition) is 1. The first kappa shape index (κ1) is 4.11. The van der Waals surface area contributed by atoms with Crippen LogP contribution in [0.5, 0.6) is 0 Å². The Morgan fingerprint density at radius 1 is 2.00 bits per heavy atom. The zero-order valence-corrected chi connectivity index (χ0v) is 3.49. The van der Waals surface area contributed by atoms with Crippen LogP contribution in [0.4, 0.5) is 0 Å². The zero-order valence-electron chi connectivity index (χ0n) is 1.73. The maximum atomic E-state index is 8.95. The lowest BCUT2D eigenvalue weighted by molar-refractivity contribution is 0.469. The van der Waals surface area contributed by atoms with Crippen LogP contribution in [0.3, 0.4) is 0 Å². The van der Waals surface area contributed by atoms with Crippen molar-refractivity contribution in [3.8, 4) is 0 Å². The molecule has 0 atom stereocenters. The molecule has 0 aromatic heterocycles. The normalized spacial score (nSPS) is 6.25. The third kappa shape index (κ3) is 226. The van der Waals surface area contributed by atoms with Gasteiger partial charge in [0.05, 0.1) is 0 Å². The second-order valence-corrected chi connectivity index (χ2v) is 1.73. The highest BCUT2D eigenvalue weighted by Gasteiger charge is 1.82. The summed E-state index contributed by atoms with van der Waals surface area (Å²) >= 11 is 4.38. The van der Waals surface area contributed by atoms with E-state index in [9.17, 15) is 0 Å². The Hall–Kier alpha value is 0.107. The summed E-state index contributed by atoms with van der Waals surface area (Å²) in [6.45, 7) is 0. The summed E-state index contributed by atoms with van der Waals surface area (Å²) in [6.07, 6.45) is 0. The molecule has 0 saturated heterocycles. The number of halogens is 1. The van der Waals surface area contributed by atoms with Gasteiger partial charge in [-0.15, -0.1) is 0 Å². The lowest BCUT2D eigenvalue weighted by atomic mass is 15.9. The molecule has 0 aliphatic rings. The van der Waals surface area contributed by atoms with Gasteiger partial charge in [0.1, 0.15) is 0 Å². The van der Waals surface area contributed by atoms with Crippen LogP contribution in [-0.2, 0) is 4.46 Å². The van der Waals surface area contributed by atoms with Crippen LogP contribution in [0.2, 0.25) is 0 Å².